The molecule has 20 heteroatoms. The van der Waals surface area contributed by atoms with Crippen LogP contribution in [0.2, 0.25) is 0 Å². The second-order valence-corrected chi connectivity index (χ2v) is 10.3. The van der Waals surface area contributed by atoms with Gasteiger partial charge in [0.1, 0.15) is 6.17 Å². The van der Waals surface area contributed by atoms with E-state index >= 15 is 0 Å². The number of hydrogen-bond donors (Lipinski definition) is 2. The topological polar surface area (TPSA) is 40.5 Å². The summed E-state index contributed by atoms with van der Waals surface area (Å²) in [6.45, 7) is 0.837. The number of alkyl halides is 18. The molecule has 1 rings (SSSR count). The third-order valence-corrected chi connectivity index (χ3v) is 7.37. The van der Waals surface area contributed by atoms with Crippen LogP contribution in [0.1, 0.15) is 47.0 Å². The van der Waals surface area contributed by atoms with Crippen LogP contribution in [0.15, 0.2) is 0 Å². The first-order valence-corrected chi connectivity index (χ1v) is 11.9. The summed E-state index contributed by atoms with van der Waals surface area (Å²) in [5.41, 5.74) is -10.8. The highest BCUT2D eigenvalue weighted by atomic mass is 19.4. The molecule has 1 aliphatic carbocycles. The van der Waals surface area contributed by atoms with Gasteiger partial charge in [-0.05, 0) is 25.7 Å². The maximum atomic E-state index is 13.8. The maximum absolute atomic E-state index is 13.8. The minimum absolute atomic E-state index is 0.310. The first-order valence-electron chi connectivity index (χ1n) is 11.9. The average Bonchev–Trinajstić information content (AvgIpc) is 2.94. The van der Waals surface area contributed by atoms with Crippen LogP contribution in [0, 0.1) is 29.6 Å². The molecule has 254 valence electrons. The van der Waals surface area contributed by atoms with E-state index in [2.05, 4.69) is 0 Å². The Morgan fingerprint density at radius 1 is 0.762 bits per heavy atom. The molecule has 0 amide bonds. The van der Waals surface area contributed by atoms with Crippen LogP contribution in [-0.2, 0) is 0 Å². The fraction of sp³-hybridized carbons (Fsp3) is 1.00. The van der Waals surface area contributed by atoms with Crippen molar-refractivity contribution in [3.05, 3.63) is 0 Å². The van der Waals surface area contributed by atoms with Gasteiger partial charge >= 0.3 is 24.7 Å². The van der Waals surface area contributed by atoms with Gasteiger partial charge in [-0.25, -0.2) is 22.0 Å². The van der Waals surface area contributed by atoms with Gasteiger partial charge in [0.15, 0.2) is 0 Å². The largest absolute Gasteiger partial charge is 0.426 e. The summed E-state index contributed by atoms with van der Waals surface area (Å²) in [5.74, 6) is -20.5. The second-order valence-electron chi connectivity index (χ2n) is 10.3. The summed E-state index contributed by atoms with van der Waals surface area (Å²) in [4.78, 5) is 0. The molecule has 0 spiro atoms. The Labute approximate surface area is 227 Å². The van der Waals surface area contributed by atoms with Crippen LogP contribution in [0.5, 0.6) is 0 Å². The van der Waals surface area contributed by atoms with Crippen LogP contribution < -0.4 is 0 Å². The highest BCUT2D eigenvalue weighted by Gasteiger charge is 2.81. The molecule has 0 aromatic rings. The molecule has 0 aliphatic heterocycles. The van der Waals surface area contributed by atoms with Crippen molar-refractivity contribution in [2.24, 2.45) is 29.6 Å². The molecule has 0 saturated heterocycles. The van der Waals surface area contributed by atoms with Gasteiger partial charge < -0.3 is 10.2 Å². The number of aliphatic hydroxyl groups is 2. The zero-order valence-electron chi connectivity index (χ0n) is 22.0. The summed E-state index contributed by atoms with van der Waals surface area (Å²) in [6.07, 6.45) is -31.6. The number of rotatable bonds is 8. The van der Waals surface area contributed by atoms with Crippen molar-refractivity contribution >= 4 is 0 Å². The summed E-state index contributed by atoms with van der Waals surface area (Å²) in [7, 11) is 0. The second kappa shape index (κ2) is 12.6. The van der Waals surface area contributed by atoms with Crippen molar-refractivity contribution < 1.29 is 89.2 Å². The minimum Gasteiger partial charge on any atom is -0.373 e. The molecular weight excluding hydrogens is 638 g/mol. The number of hydrogen-bond acceptors (Lipinski definition) is 2. The van der Waals surface area contributed by atoms with E-state index in [4.69, 9.17) is 0 Å². The highest BCUT2D eigenvalue weighted by Crippen LogP contribution is 2.61. The first-order chi connectivity index (χ1) is 18.2. The lowest BCUT2D eigenvalue weighted by molar-refractivity contribution is -0.393. The van der Waals surface area contributed by atoms with Crippen LogP contribution in [0.25, 0.3) is 0 Å². The average molecular weight is 666 g/mol. The molecule has 2 N–H and O–H groups in total. The predicted octanol–water partition coefficient (Wildman–Crippen LogP) is 8.61. The Balaban J connectivity index is 0.000000800. The lowest BCUT2D eigenvalue weighted by Gasteiger charge is -2.41. The Morgan fingerprint density at radius 2 is 1.14 bits per heavy atom. The van der Waals surface area contributed by atoms with Gasteiger partial charge in [0.05, 0.1) is 12.6 Å². The van der Waals surface area contributed by atoms with Gasteiger partial charge in [-0.2, -0.15) is 52.7 Å². The van der Waals surface area contributed by atoms with Gasteiger partial charge in [-0.15, -0.1) is 0 Å². The van der Waals surface area contributed by atoms with E-state index < -0.39 is 109 Å². The van der Waals surface area contributed by atoms with E-state index in [1.54, 1.807) is 0 Å². The van der Waals surface area contributed by atoms with E-state index in [0.717, 1.165) is 6.92 Å². The molecule has 42 heavy (non-hydrogen) atoms. The quantitative estimate of drug-likeness (QED) is 0.255. The normalized spacial score (nSPS) is 26.0. The van der Waals surface area contributed by atoms with Gasteiger partial charge in [-0.3, -0.25) is 4.39 Å². The standard InChI is InChI=1S/C11H13F9O.C11H15F9O/c1-3-5-6(7(12)4(2)8(5,13)14)9(21,10(15,16)17)11(18,19)20;1-6(5-12)7(3-4-8(2,13)14)9(21,10(15,16)17)11(18,19)20/h4-7,21H,3H2,1-2H3;6-7,21H,3-5H2,1-2H3. The van der Waals surface area contributed by atoms with E-state index in [1.807, 2.05) is 0 Å². The Kier molecular flexibility index (Phi) is 12.2. The Bertz CT molecular complexity index is 826. The fourth-order valence-corrected chi connectivity index (χ4v) is 4.91. The van der Waals surface area contributed by atoms with Crippen molar-refractivity contribution in [2.75, 3.05) is 6.67 Å². The molecule has 2 nitrogen and oxygen atoms in total. The lowest BCUT2D eigenvalue weighted by Crippen LogP contribution is -2.64. The SMILES string of the molecule is CC(CF)C(CCC(C)(F)F)C(O)(C(F)(F)F)C(F)(F)F.CCC1C(C(O)(C(F)(F)F)C(F)(F)F)C(F)C(C)C1(F)F. The van der Waals surface area contributed by atoms with E-state index in [0.29, 0.717) is 20.8 Å². The van der Waals surface area contributed by atoms with Gasteiger partial charge in [0, 0.05) is 24.2 Å². The van der Waals surface area contributed by atoms with E-state index in [-0.39, 0.29) is 0 Å². The highest BCUT2D eigenvalue weighted by molar-refractivity contribution is 5.12. The summed E-state index contributed by atoms with van der Waals surface area (Å²) < 4.78 is 232. The maximum Gasteiger partial charge on any atom is 0.426 e. The zero-order valence-corrected chi connectivity index (χ0v) is 22.0. The molecule has 1 aliphatic rings. The molecule has 0 bridgehead atoms. The van der Waals surface area contributed by atoms with E-state index in [9.17, 15) is 89.2 Å². The van der Waals surface area contributed by atoms with Crippen molar-refractivity contribution in [1.29, 1.82) is 0 Å². The third-order valence-electron chi connectivity index (χ3n) is 7.37. The predicted molar refractivity (Wildman–Crippen MR) is 109 cm³/mol. The van der Waals surface area contributed by atoms with Crippen LogP contribution >= 0.6 is 0 Å². The summed E-state index contributed by atoms with van der Waals surface area (Å²) in [6, 6.07) is 0. The lowest BCUT2D eigenvalue weighted by atomic mass is 9.75. The van der Waals surface area contributed by atoms with Crippen molar-refractivity contribution in [2.45, 2.75) is 101 Å². The molecule has 0 aromatic heterocycles. The van der Waals surface area contributed by atoms with Crippen molar-refractivity contribution in [3.8, 4) is 0 Å². The molecule has 6 unspecified atom stereocenters. The molecule has 6 atom stereocenters. The molecule has 0 heterocycles. The van der Waals surface area contributed by atoms with Crippen molar-refractivity contribution in [1.82, 2.24) is 0 Å². The Morgan fingerprint density at radius 3 is 1.40 bits per heavy atom. The zero-order chi connectivity index (χ0) is 34.3. The minimum atomic E-state index is -6.33. The smallest absolute Gasteiger partial charge is 0.373 e. The van der Waals surface area contributed by atoms with Gasteiger partial charge in [-0.1, -0.05) is 20.8 Å². The van der Waals surface area contributed by atoms with E-state index in [1.165, 1.54) is 0 Å². The monoisotopic (exact) mass is 666 g/mol. The molecule has 0 aromatic carbocycles. The molecule has 1 saturated carbocycles. The molecular formula is C22H28F18O2. The summed E-state index contributed by atoms with van der Waals surface area (Å²) in [5, 5.41) is 18.4. The molecule has 0 radical (unpaired) electrons. The van der Waals surface area contributed by atoms with Gasteiger partial charge in [0.2, 0.25) is 5.92 Å². The van der Waals surface area contributed by atoms with Crippen molar-refractivity contribution in [3.63, 3.8) is 0 Å². The van der Waals surface area contributed by atoms with Crippen LogP contribution in [-0.4, -0.2) is 70.8 Å². The first kappa shape index (κ1) is 40.7. The van der Waals surface area contributed by atoms with Gasteiger partial charge in [0.25, 0.3) is 17.1 Å². The summed E-state index contributed by atoms with van der Waals surface area (Å²) >= 11 is 0. The fourth-order valence-electron chi connectivity index (χ4n) is 4.91. The third kappa shape index (κ3) is 7.65. The van der Waals surface area contributed by atoms with Crippen LogP contribution in [0.3, 0.4) is 0 Å². The number of halogens is 18. The Hall–Kier alpha value is -1.34. The molecule has 1 fully saturated rings. The van der Waals surface area contributed by atoms with Crippen LogP contribution in [0.4, 0.5) is 79.0 Å².